The highest BCUT2D eigenvalue weighted by Gasteiger charge is 2.26. The minimum atomic E-state index is -0.272. The first kappa shape index (κ1) is 17.3. The highest BCUT2D eigenvalue weighted by molar-refractivity contribution is 7.99. The molecule has 0 saturated carbocycles. The summed E-state index contributed by atoms with van der Waals surface area (Å²) >= 11 is 1.50. The van der Waals surface area contributed by atoms with Crippen LogP contribution < -0.4 is 0 Å². The van der Waals surface area contributed by atoms with Gasteiger partial charge in [0.15, 0.2) is 5.16 Å². The van der Waals surface area contributed by atoms with Crippen LogP contribution in [0, 0.1) is 5.92 Å². The van der Waals surface area contributed by atoms with Crippen molar-refractivity contribution in [3.05, 3.63) is 12.4 Å². The number of aromatic nitrogens is 2. The fraction of sp³-hybridized carbons (Fsp3) is 0.750. The average molecular weight is 325 g/mol. The van der Waals surface area contributed by atoms with E-state index in [2.05, 4.69) is 30.3 Å². The van der Waals surface area contributed by atoms with E-state index < -0.39 is 0 Å². The van der Waals surface area contributed by atoms with Crippen LogP contribution in [0.15, 0.2) is 17.6 Å². The Morgan fingerprint density at radius 2 is 2.09 bits per heavy atom. The van der Waals surface area contributed by atoms with Crippen molar-refractivity contribution in [1.29, 1.82) is 0 Å². The van der Waals surface area contributed by atoms with E-state index in [0.29, 0.717) is 11.7 Å². The average Bonchev–Trinajstić information content (AvgIpc) is 2.93. The lowest BCUT2D eigenvalue weighted by Gasteiger charge is -2.33. The maximum absolute atomic E-state index is 12.3. The molecule has 1 aromatic heterocycles. The van der Waals surface area contributed by atoms with Crippen molar-refractivity contribution in [1.82, 2.24) is 14.5 Å². The molecule has 0 aromatic carbocycles. The minimum Gasteiger partial charge on any atom is -0.393 e. The Hall–Kier alpha value is -1.01. The molecule has 1 aliphatic rings. The third-order valence-electron chi connectivity index (χ3n) is 4.23. The van der Waals surface area contributed by atoms with Crippen molar-refractivity contribution in [3.63, 3.8) is 0 Å². The van der Waals surface area contributed by atoms with Crippen LogP contribution in [0.1, 0.15) is 40.5 Å². The standard InChI is InChI=1S/C16H27N3O2S/c1-12(20)13-5-8-18(9-6-13)14(21)11-22-15-17-7-10-19(15)16(2,3)4/h7,10,12-13,20H,5-6,8-9,11H2,1-4H3. The number of amides is 1. The maximum Gasteiger partial charge on any atom is 0.233 e. The number of likely N-dealkylation sites (tertiary alicyclic amines) is 1. The number of hydrogen-bond acceptors (Lipinski definition) is 4. The van der Waals surface area contributed by atoms with Gasteiger partial charge < -0.3 is 14.6 Å². The Morgan fingerprint density at radius 3 is 2.64 bits per heavy atom. The number of thioether (sulfide) groups is 1. The van der Waals surface area contributed by atoms with E-state index in [-0.39, 0.29) is 17.6 Å². The Bertz CT molecular complexity index is 500. The smallest absolute Gasteiger partial charge is 0.233 e. The molecule has 2 rings (SSSR count). The predicted molar refractivity (Wildman–Crippen MR) is 88.9 cm³/mol. The van der Waals surface area contributed by atoms with Crippen LogP contribution in [0.4, 0.5) is 0 Å². The molecule has 5 nitrogen and oxygen atoms in total. The SMILES string of the molecule is CC(O)C1CCN(C(=O)CSc2nccn2C(C)(C)C)CC1. The first-order chi connectivity index (χ1) is 10.3. The molecule has 1 atom stereocenters. The molecule has 0 radical (unpaired) electrons. The Balaban J connectivity index is 1.85. The summed E-state index contributed by atoms with van der Waals surface area (Å²) in [5, 5.41) is 10.5. The van der Waals surface area contributed by atoms with Crippen molar-refractivity contribution in [2.24, 2.45) is 5.92 Å². The summed E-state index contributed by atoms with van der Waals surface area (Å²) in [6.07, 6.45) is 5.26. The Labute approximate surface area is 137 Å². The molecule has 1 saturated heterocycles. The van der Waals surface area contributed by atoms with Crippen molar-refractivity contribution >= 4 is 17.7 Å². The number of imidazole rings is 1. The first-order valence-corrected chi connectivity index (χ1v) is 8.90. The van der Waals surface area contributed by atoms with Crippen LogP contribution in [0.25, 0.3) is 0 Å². The van der Waals surface area contributed by atoms with Crippen LogP contribution in [-0.4, -0.2) is 50.4 Å². The number of rotatable bonds is 4. The van der Waals surface area contributed by atoms with E-state index in [1.54, 1.807) is 6.20 Å². The monoisotopic (exact) mass is 325 g/mol. The lowest BCUT2D eigenvalue weighted by Crippen LogP contribution is -2.41. The van der Waals surface area contributed by atoms with E-state index in [1.807, 2.05) is 18.0 Å². The van der Waals surface area contributed by atoms with Crippen molar-refractivity contribution < 1.29 is 9.90 Å². The number of carbonyl (C=O) groups excluding carboxylic acids is 1. The molecule has 6 heteroatoms. The van der Waals surface area contributed by atoms with E-state index in [0.717, 1.165) is 31.1 Å². The zero-order valence-corrected chi connectivity index (χ0v) is 14.8. The van der Waals surface area contributed by atoms with Crippen molar-refractivity contribution in [3.8, 4) is 0 Å². The summed E-state index contributed by atoms with van der Waals surface area (Å²) in [6.45, 7) is 9.72. The number of carbonyl (C=O) groups is 1. The van der Waals surface area contributed by atoms with E-state index in [4.69, 9.17) is 0 Å². The van der Waals surface area contributed by atoms with Crippen LogP contribution >= 0.6 is 11.8 Å². The predicted octanol–water partition coefficient (Wildman–Crippen LogP) is 2.35. The molecule has 2 heterocycles. The van der Waals surface area contributed by atoms with Crippen LogP contribution in [0.5, 0.6) is 0 Å². The van der Waals surface area contributed by atoms with Gasteiger partial charge in [0.2, 0.25) is 5.91 Å². The molecule has 1 aliphatic heterocycles. The van der Waals surface area contributed by atoms with Crippen LogP contribution in [-0.2, 0) is 10.3 Å². The molecule has 0 bridgehead atoms. The van der Waals surface area contributed by atoms with Gasteiger partial charge in [0.05, 0.1) is 11.9 Å². The third kappa shape index (κ3) is 4.26. The number of piperidine rings is 1. The molecular formula is C16H27N3O2S. The van der Waals surface area contributed by atoms with Gasteiger partial charge in [-0.15, -0.1) is 0 Å². The van der Waals surface area contributed by atoms with Gasteiger partial charge in [0.1, 0.15) is 0 Å². The lowest BCUT2D eigenvalue weighted by molar-refractivity contribution is -0.130. The molecule has 124 valence electrons. The summed E-state index contributed by atoms with van der Waals surface area (Å²) in [5.74, 6) is 0.917. The number of hydrogen-bond donors (Lipinski definition) is 1. The summed E-state index contributed by atoms with van der Waals surface area (Å²) in [4.78, 5) is 18.6. The van der Waals surface area contributed by atoms with E-state index in [9.17, 15) is 9.90 Å². The lowest BCUT2D eigenvalue weighted by atomic mass is 9.92. The summed E-state index contributed by atoms with van der Waals surface area (Å²) in [6, 6.07) is 0. The summed E-state index contributed by atoms with van der Waals surface area (Å²) in [7, 11) is 0. The Morgan fingerprint density at radius 1 is 1.45 bits per heavy atom. The zero-order valence-electron chi connectivity index (χ0n) is 14.0. The van der Waals surface area contributed by atoms with Crippen molar-refractivity contribution in [2.75, 3.05) is 18.8 Å². The van der Waals surface area contributed by atoms with Crippen molar-refractivity contribution in [2.45, 2.75) is 57.3 Å². The molecule has 0 aliphatic carbocycles. The molecule has 22 heavy (non-hydrogen) atoms. The second-order valence-electron chi connectivity index (χ2n) is 7.00. The van der Waals surface area contributed by atoms with Gasteiger partial charge in [0, 0.05) is 31.0 Å². The molecule has 1 amide bonds. The zero-order chi connectivity index (χ0) is 16.3. The van der Waals surface area contributed by atoms with Gasteiger partial charge in [-0.2, -0.15) is 0 Å². The van der Waals surface area contributed by atoms with Gasteiger partial charge >= 0.3 is 0 Å². The highest BCUT2D eigenvalue weighted by Crippen LogP contribution is 2.25. The quantitative estimate of drug-likeness (QED) is 0.863. The number of aliphatic hydroxyl groups excluding tert-OH is 1. The van der Waals surface area contributed by atoms with E-state index >= 15 is 0 Å². The normalized spacial score (nSPS) is 18.5. The molecule has 0 spiro atoms. The Kier molecular flexibility index (Phi) is 5.55. The van der Waals surface area contributed by atoms with Gasteiger partial charge in [-0.25, -0.2) is 4.98 Å². The second kappa shape index (κ2) is 7.04. The number of aliphatic hydroxyl groups is 1. The highest BCUT2D eigenvalue weighted by atomic mass is 32.2. The third-order valence-corrected chi connectivity index (χ3v) is 5.18. The van der Waals surface area contributed by atoms with E-state index in [1.165, 1.54) is 11.8 Å². The molecule has 1 aromatic rings. The van der Waals surface area contributed by atoms with Gasteiger partial charge in [-0.3, -0.25) is 4.79 Å². The fourth-order valence-electron chi connectivity index (χ4n) is 2.76. The summed E-state index contributed by atoms with van der Waals surface area (Å²) < 4.78 is 2.10. The largest absolute Gasteiger partial charge is 0.393 e. The fourth-order valence-corrected chi connectivity index (χ4v) is 3.80. The molecule has 1 fully saturated rings. The molecule has 1 unspecified atom stereocenters. The summed E-state index contributed by atoms with van der Waals surface area (Å²) in [5.41, 5.74) is -0.0303. The molecule has 1 N–H and O–H groups in total. The topological polar surface area (TPSA) is 58.4 Å². The minimum absolute atomic E-state index is 0.0303. The first-order valence-electron chi connectivity index (χ1n) is 7.91. The van der Waals surface area contributed by atoms with Crippen LogP contribution in [0.2, 0.25) is 0 Å². The maximum atomic E-state index is 12.3. The van der Waals surface area contributed by atoms with Gasteiger partial charge in [-0.1, -0.05) is 11.8 Å². The van der Waals surface area contributed by atoms with Crippen LogP contribution in [0.3, 0.4) is 0 Å². The van der Waals surface area contributed by atoms with Gasteiger partial charge in [0.25, 0.3) is 0 Å². The molecular weight excluding hydrogens is 298 g/mol. The van der Waals surface area contributed by atoms with Gasteiger partial charge in [-0.05, 0) is 46.5 Å². The number of nitrogens with zero attached hydrogens (tertiary/aromatic N) is 3. The second-order valence-corrected chi connectivity index (χ2v) is 7.94.